The number of carbonyl (C=O) groups is 1. The molecule has 1 saturated heterocycles. The number of carbonyl (C=O) groups excluding carboxylic acids is 1. The summed E-state index contributed by atoms with van der Waals surface area (Å²) in [5, 5.41) is 7.88. The molecule has 2 aliphatic rings. The second-order valence-corrected chi connectivity index (χ2v) is 10.0. The zero-order chi connectivity index (χ0) is 24.7. The van der Waals surface area contributed by atoms with Crippen molar-refractivity contribution in [1.29, 1.82) is 0 Å². The van der Waals surface area contributed by atoms with E-state index in [1.54, 1.807) is 6.20 Å². The van der Waals surface area contributed by atoms with Gasteiger partial charge in [0.05, 0.1) is 11.4 Å². The second kappa shape index (κ2) is 8.87. The van der Waals surface area contributed by atoms with Crippen molar-refractivity contribution >= 4 is 11.8 Å². The molecule has 1 spiro atoms. The summed E-state index contributed by atoms with van der Waals surface area (Å²) in [5.74, 6) is 0.845. The van der Waals surface area contributed by atoms with Gasteiger partial charge in [-0.1, -0.05) is 6.07 Å². The maximum atomic E-state index is 12.6. The molecule has 0 unspecified atom stereocenters. The fraction of sp³-hybridized carbons (Fsp3) is 0.462. The van der Waals surface area contributed by atoms with E-state index in [1.807, 2.05) is 56.9 Å². The lowest BCUT2D eigenvalue weighted by Gasteiger charge is -2.24. The van der Waals surface area contributed by atoms with Gasteiger partial charge in [0.25, 0.3) is 0 Å². The summed E-state index contributed by atoms with van der Waals surface area (Å²) in [6.45, 7) is 10.2. The van der Waals surface area contributed by atoms with E-state index in [-0.39, 0.29) is 23.6 Å². The molecule has 9 nitrogen and oxygen atoms in total. The van der Waals surface area contributed by atoms with E-state index in [1.165, 1.54) is 5.69 Å². The molecule has 5 rings (SSSR count). The van der Waals surface area contributed by atoms with E-state index in [9.17, 15) is 4.79 Å². The van der Waals surface area contributed by atoms with Crippen LogP contribution in [0.1, 0.15) is 56.8 Å². The summed E-state index contributed by atoms with van der Waals surface area (Å²) < 4.78 is 8.23. The Bertz CT molecular complexity index is 1250. The van der Waals surface area contributed by atoms with E-state index in [4.69, 9.17) is 15.6 Å². The van der Waals surface area contributed by atoms with Crippen LogP contribution in [-0.4, -0.2) is 49.8 Å². The number of urea groups is 1. The van der Waals surface area contributed by atoms with Crippen molar-refractivity contribution in [3.8, 4) is 17.0 Å². The highest BCUT2D eigenvalue weighted by Crippen LogP contribution is 2.44. The predicted octanol–water partition coefficient (Wildman–Crippen LogP) is 3.84. The highest BCUT2D eigenvalue weighted by atomic mass is 16.5. The van der Waals surface area contributed by atoms with Crippen LogP contribution in [0.25, 0.3) is 11.3 Å². The van der Waals surface area contributed by atoms with Crippen molar-refractivity contribution in [3.63, 3.8) is 0 Å². The highest BCUT2D eigenvalue weighted by molar-refractivity contribution is 5.75. The minimum atomic E-state index is -0.272. The summed E-state index contributed by atoms with van der Waals surface area (Å²) in [6.07, 6.45) is 3.40. The molecule has 1 fully saturated rings. The lowest BCUT2D eigenvalue weighted by atomic mass is 9.82. The molecule has 0 aromatic carbocycles. The van der Waals surface area contributed by atoms with Crippen molar-refractivity contribution in [1.82, 2.24) is 30.0 Å². The largest absolute Gasteiger partial charge is 0.481 e. The van der Waals surface area contributed by atoms with Crippen LogP contribution in [-0.2, 0) is 12.0 Å². The number of fused-ring (bicyclic) bond motifs is 2. The summed E-state index contributed by atoms with van der Waals surface area (Å²) in [6, 6.07) is 10.0. The molecular formula is C26H33N7O2. The number of likely N-dealkylation sites (tertiary alicyclic amines) is 1. The molecule has 3 N–H and O–H groups in total. The third-order valence-electron chi connectivity index (χ3n) is 6.99. The second-order valence-electron chi connectivity index (χ2n) is 10.0. The first kappa shape index (κ1) is 23.1. The molecule has 3 aromatic heterocycles. The molecule has 9 heteroatoms. The van der Waals surface area contributed by atoms with Gasteiger partial charge >= 0.3 is 6.03 Å². The fourth-order valence-corrected chi connectivity index (χ4v) is 5.13. The van der Waals surface area contributed by atoms with Crippen LogP contribution in [0.5, 0.6) is 5.75 Å². The predicted molar refractivity (Wildman–Crippen MR) is 134 cm³/mol. The smallest absolute Gasteiger partial charge is 0.317 e. The van der Waals surface area contributed by atoms with Gasteiger partial charge in [0, 0.05) is 54.2 Å². The summed E-state index contributed by atoms with van der Waals surface area (Å²) >= 11 is 0. The minimum Gasteiger partial charge on any atom is -0.481 e. The zero-order valence-corrected chi connectivity index (χ0v) is 20.8. The van der Waals surface area contributed by atoms with E-state index in [0.29, 0.717) is 18.1 Å². The molecule has 3 aromatic rings. The van der Waals surface area contributed by atoms with Crippen LogP contribution in [0.2, 0.25) is 0 Å². The molecule has 2 amide bonds. The van der Waals surface area contributed by atoms with E-state index in [0.717, 1.165) is 48.6 Å². The number of anilines is 1. The van der Waals surface area contributed by atoms with Gasteiger partial charge in [0.15, 0.2) is 11.6 Å². The molecule has 2 aliphatic heterocycles. The number of ether oxygens (including phenoxy) is 1. The Morgan fingerprint density at radius 2 is 2.00 bits per heavy atom. The molecule has 0 aliphatic carbocycles. The van der Waals surface area contributed by atoms with Crippen molar-refractivity contribution in [3.05, 3.63) is 53.6 Å². The number of aromatic nitrogens is 4. The summed E-state index contributed by atoms with van der Waals surface area (Å²) in [7, 11) is 0. The van der Waals surface area contributed by atoms with E-state index in [2.05, 4.69) is 26.0 Å². The summed E-state index contributed by atoms with van der Waals surface area (Å²) in [4.78, 5) is 23.4. The van der Waals surface area contributed by atoms with Gasteiger partial charge in [-0.05, 0) is 64.8 Å². The molecule has 184 valence electrons. The van der Waals surface area contributed by atoms with Crippen LogP contribution < -0.4 is 15.8 Å². The molecular weight excluding hydrogens is 442 g/mol. The number of nitrogen functional groups attached to an aromatic ring is 1. The number of amides is 2. The molecule has 0 bridgehead atoms. The van der Waals surface area contributed by atoms with Gasteiger partial charge in [-0.2, -0.15) is 5.10 Å². The first-order chi connectivity index (χ1) is 16.7. The zero-order valence-electron chi connectivity index (χ0n) is 20.8. The molecule has 0 saturated carbocycles. The third kappa shape index (κ3) is 4.42. The normalized spacial score (nSPS) is 19.9. The summed E-state index contributed by atoms with van der Waals surface area (Å²) in [5.41, 5.74) is 10.7. The SMILES string of the molecule is Cc1cccc([C@@H](C)Oc2cc(-c3cc4n(n3)CC[C@@]43CCN(C(=O)NC(C)C)C3)cnc2N)n1. The lowest BCUT2D eigenvalue weighted by Crippen LogP contribution is -2.43. The van der Waals surface area contributed by atoms with Crippen molar-refractivity contribution in [2.75, 3.05) is 18.8 Å². The van der Waals surface area contributed by atoms with Gasteiger partial charge in [0.2, 0.25) is 0 Å². The van der Waals surface area contributed by atoms with Gasteiger partial charge in [-0.25, -0.2) is 9.78 Å². The van der Waals surface area contributed by atoms with E-state index < -0.39 is 0 Å². The standard InChI is InChI=1S/C26H33N7O2/c1-16(2)29-25(34)32-10-8-26(15-32)9-11-33-23(26)13-21(31-33)19-12-22(24(27)28-14-19)35-18(4)20-7-5-6-17(3)30-20/h5-7,12-14,16,18H,8-11,15H2,1-4H3,(H2,27,28)(H,29,34)/t18-,26-/m1/s1. The van der Waals surface area contributed by atoms with Crippen molar-refractivity contribution < 1.29 is 9.53 Å². The Hall–Kier alpha value is -3.62. The monoisotopic (exact) mass is 475 g/mol. The first-order valence-electron chi connectivity index (χ1n) is 12.2. The lowest BCUT2D eigenvalue weighted by molar-refractivity contribution is 0.203. The number of hydrogen-bond acceptors (Lipinski definition) is 6. The van der Waals surface area contributed by atoms with Gasteiger partial charge in [-0.15, -0.1) is 0 Å². The number of hydrogen-bond donors (Lipinski definition) is 2. The van der Waals surface area contributed by atoms with Crippen molar-refractivity contribution in [2.45, 2.75) is 64.6 Å². The Kier molecular flexibility index (Phi) is 5.86. The average molecular weight is 476 g/mol. The van der Waals surface area contributed by atoms with Crippen LogP contribution in [0.4, 0.5) is 10.6 Å². The molecule has 0 radical (unpaired) electrons. The number of nitrogens with one attached hydrogen (secondary N) is 1. The Balaban J connectivity index is 1.37. The molecule has 35 heavy (non-hydrogen) atoms. The van der Waals surface area contributed by atoms with Gasteiger partial charge in [-0.3, -0.25) is 9.67 Å². The van der Waals surface area contributed by atoms with Crippen LogP contribution >= 0.6 is 0 Å². The number of nitrogens with two attached hydrogens (primary N) is 1. The number of pyridine rings is 2. The topological polar surface area (TPSA) is 111 Å². The maximum Gasteiger partial charge on any atom is 0.317 e. The van der Waals surface area contributed by atoms with Gasteiger partial charge < -0.3 is 20.7 Å². The van der Waals surface area contributed by atoms with Crippen LogP contribution in [0.15, 0.2) is 36.5 Å². The maximum absolute atomic E-state index is 12.6. The molecule has 5 heterocycles. The van der Waals surface area contributed by atoms with Crippen molar-refractivity contribution in [2.24, 2.45) is 0 Å². The number of rotatable bonds is 5. The Labute approximate surface area is 205 Å². The van der Waals surface area contributed by atoms with Gasteiger partial charge in [0.1, 0.15) is 6.10 Å². The first-order valence-corrected chi connectivity index (χ1v) is 12.2. The molecule has 2 atom stereocenters. The Morgan fingerprint density at radius 3 is 2.77 bits per heavy atom. The number of aryl methyl sites for hydroxylation is 2. The number of nitrogens with zero attached hydrogens (tertiary/aromatic N) is 5. The fourth-order valence-electron chi connectivity index (χ4n) is 5.13. The minimum absolute atomic E-state index is 0.0109. The quantitative estimate of drug-likeness (QED) is 0.580. The van der Waals surface area contributed by atoms with Crippen LogP contribution in [0, 0.1) is 6.92 Å². The highest BCUT2D eigenvalue weighted by Gasteiger charge is 2.47. The Morgan fingerprint density at radius 1 is 1.20 bits per heavy atom. The van der Waals surface area contributed by atoms with E-state index >= 15 is 0 Å². The third-order valence-corrected chi connectivity index (χ3v) is 6.99. The van der Waals surface area contributed by atoms with Crippen LogP contribution in [0.3, 0.4) is 0 Å². The average Bonchev–Trinajstić information content (AvgIpc) is 3.52.